The zero-order valence-corrected chi connectivity index (χ0v) is 19.5. The minimum Gasteiger partial charge on any atom is -0.496 e. The van der Waals surface area contributed by atoms with Crippen LogP contribution in [0.5, 0.6) is 11.5 Å². The third-order valence-corrected chi connectivity index (χ3v) is 5.31. The SMILES string of the molecule is COc1ccccc1C=CC(=O)NC(=S)NNC(=O)COc1ccc2ccccc2c1Br. The highest BCUT2D eigenvalue weighted by Gasteiger charge is 2.09. The van der Waals surface area contributed by atoms with Crippen molar-refractivity contribution in [3.63, 3.8) is 0 Å². The first-order chi connectivity index (χ1) is 15.5. The molecule has 9 heteroatoms. The van der Waals surface area contributed by atoms with Crippen LogP contribution in [0.1, 0.15) is 5.56 Å². The van der Waals surface area contributed by atoms with Crippen LogP contribution in [-0.4, -0.2) is 30.6 Å². The van der Waals surface area contributed by atoms with E-state index in [1.54, 1.807) is 25.3 Å². The second kappa shape index (κ2) is 11.3. The molecule has 0 aliphatic carbocycles. The van der Waals surface area contributed by atoms with E-state index in [-0.39, 0.29) is 11.7 Å². The van der Waals surface area contributed by atoms with Crippen LogP contribution in [0.4, 0.5) is 0 Å². The zero-order chi connectivity index (χ0) is 22.9. The van der Waals surface area contributed by atoms with Gasteiger partial charge in [-0.15, -0.1) is 0 Å². The summed E-state index contributed by atoms with van der Waals surface area (Å²) in [7, 11) is 1.55. The van der Waals surface area contributed by atoms with Gasteiger partial charge in [-0.05, 0) is 57.1 Å². The Labute approximate surface area is 198 Å². The van der Waals surface area contributed by atoms with Gasteiger partial charge in [-0.1, -0.05) is 48.5 Å². The fourth-order valence-electron chi connectivity index (χ4n) is 2.79. The quantitative estimate of drug-likeness (QED) is 0.264. The number of carbonyl (C=O) groups excluding carboxylic acids is 2. The summed E-state index contributed by atoms with van der Waals surface area (Å²) in [6, 6.07) is 18.8. The number of hydrazine groups is 1. The van der Waals surface area contributed by atoms with E-state index in [2.05, 4.69) is 32.1 Å². The van der Waals surface area contributed by atoms with Gasteiger partial charge >= 0.3 is 0 Å². The number of hydrogen-bond donors (Lipinski definition) is 3. The largest absolute Gasteiger partial charge is 0.496 e. The van der Waals surface area contributed by atoms with Crippen molar-refractivity contribution in [3.05, 3.63) is 76.8 Å². The molecule has 0 saturated carbocycles. The van der Waals surface area contributed by atoms with E-state index in [0.717, 1.165) is 20.8 Å². The summed E-state index contributed by atoms with van der Waals surface area (Å²) in [4.78, 5) is 24.1. The molecule has 3 N–H and O–H groups in total. The van der Waals surface area contributed by atoms with Crippen molar-refractivity contribution in [1.82, 2.24) is 16.2 Å². The van der Waals surface area contributed by atoms with Gasteiger partial charge in [-0.3, -0.25) is 25.8 Å². The second-order valence-corrected chi connectivity index (χ2v) is 7.66. The first-order valence-electron chi connectivity index (χ1n) is 9.49. The molecular weight excluding hydrogens is 494 g/mol. The summed E-state index contributed by atoms with van der Waals surface area (Å²) in [5.74, 6) is 0.254. The number of para-hydroxylation sites is 1. The molecule has 0 spiro atoms. The first kappa shape index (κ1) is 23.2. The summed E-state index contributed by atoms with van der Waals surface area (Å²) in [6.45, 7) is -0.242. The van der Waals surface area contributed by atoms with E-state index in [1.165, 1.54) is 6.08 Å². The number of carbonyl (C=O) groups is 2. The average molecular weight is 514 g/mol. The summed E-state index contributed by atoms with van der Waals surface area (Å²) in [6.07, 6.45) is 2.92. The standard InChI is InChI=1S/C23H20BrN3O4S/c1-30-18-9-5-3-7-16(18)11-13-20(28)25-23(32)27-26-21(29)14-31-19-12-10-15-6-2-4-8-17(15)22(19)24/h2-13H,14H2,1H3,(H,26,29)(H2,25,27,28,32). The minimum absolute atomic E-state index is 0.0556. The monoisotopic (exact) mass is 513 g/mol. The number of fused-ring (bicyclic) bond motifs is 1. The molecule has 0 radical (unpaired) electrons. The molecular formula is C23H20BrN3O4S. The summed E-state index contributed by atoms with van der Waals surface area (Å²) >= 11 is 8.52. The Morgan fingerprint density at radius 2 is 1.75 bits per heavy atom. The van der Waals surface area contributed by atoms with Gasteiger partial charge in [0.15, 0.2) is 11.7 Å². The number of methoxy groups -OCH3 is 1. The van der Waals surface area contributed by atoms with E-state index in [9.17, 15) is 9.59 Å². The van der Waals surface area contributed by atoms with E-state index >= 15 is 0 Å². The fraction of sp³-hybridized carbons (Fsp3) is 0.0870. The molecule has 0 aromatic heterocycles. The van der Waals surface area contributed by atoms with Crippen LogP contribution in [0.2, 0.25) is 0 Å². The van der Waals surface area contributed by atoms with Crippen molar-refractivity contribution < 1.29 is 19.1 Å². The second-order valence-electron chi connectivity index (χ2n) is 6.45. The molecule has 0 aliphatic heterocycles. The van der Waals surface area contributed by atoms with Crippen molar-refractivity contribution in [2.75, 3.05) is 13.7 Å². The average Bonchev–Trinajstić information content (AvgIpc) is 2.81. The van der Waals surface area contributed by atoms with Crippen molar-refractivity contribution in [2.24, 2.45) is 0 Å². The maximum Gasteiger partial charge on any atom is 0.276 e. The van der Waals surface area contributed by atoms with E-state index in [1.807, 2.05) is 48.5 Å². The van der Waals surface area contributed by atoms with Crippen LogP contribution in [-0.2, 0) is 9.59 Å². The molecule has 0 unspecified atom stereocenters. The molecule has 3 aromatic carbocycles. The van der Waals surface area contributed by atoms with E-state index < -0.39 is 11.8 Å². The maximum atomic E-state index is 12.0. The van der Waals surface area contributed by atoms with Crippen molar-refractivity contribution >= 4 is 61.9 Å². The van der Waals surface area contributed by atoms with Gasteiger partial charge in [0.2, 0.25) is 5.91 Å². The Bertz CT molecular complexity index is 1180. The van der Waals surface area contributed by atoms with Gasteiger partial charge in [0.25, 0.3) is 5.91 Å². The molecule has 3 rings (SSSR count). The lowest BCUT2D eigenvalue weighted by Gasteiger charge is -2.12. The van der Waals surface area contributed by atoms with Gasteiger partial charge in [0.1, 0.15) is 11.5 Å². The lowest BCUT2D eigenvalue weighted by atomic mass is 10.1. The predicted octanol–water partition coefficient (Wildman–Crippen LogP) is 3.73. The van der Waals surface area contributed by atoms with Gasteiger partial charge in [0.05, 0.1) is 11.6 Å². The number of rotatable bonds is 6. The van der Waals surface area contributed by atoms with Crippen LogP contribution in [0, 0.1) is 0 Å². The van der Waals surface area contributed by atoms with Crippen molar-refractivity contribution in [2.45, 2.75) is 0 Å². The van der Waals surface area contributed by atoms with Crippen LogP contribution < -0.4 is 25.6 Å². The Morgan fingerprint density at radius 1 is 1.00 bits per heavy atom. The Kier molecular flexibility index (Phi) is 8.18. The smallest absolute Gasteiger partial charge is 0.276 e. The highest BCUT2D eigenvalue weighted by molar-refractivity contribution is 9.10. The van der Waals surface area contributed by atoms with Gasteiger partial charge in [0, 0.05) is 11.6 Å². The molecule has 0 fully saturated rings. The van der Waals surface area contributed by atoms with Crippen molar-refractivity contribution in [1.29, 1.82) is 0 Å². The molecule has 3 aromatic rings. The number of ether oxygens (including phenoxy) is 2. The van der Waals surface area contributed by atoms with E-state index in [0.29, 0.717) is 11.5 Å². The normalized spacial score (nSPS) is 10.6. The Morgan fingerprint density at radius 3 is 2.56 bits per heavy atom. The van der Waals surface area contributed by atoms with Crippen LogP contribution in [0.3, 0.4) is 0 Å². The summed E-state index contributed by atoms with van der Waals surface area (Å²) in [5, 5.41) is 4.42. The molecule has 7 nitrogen and oxygen atoms in total. The first-order valence-corrected chi connectivity index (χ1v) is 10.7. The number of nitrogens with one attached hydrogen (secondary N) is 3. The molecule has 32 heavy (non-hydrogen) atoms. The van der Waals surface area contributed by atoms with Gasteiger partial charge in [-0.2, -0.15) is 0 Å². The van der Waals surface area contributed by atoms with Gasteiger partial charge < -0.3 is 9.47 Å². The lowest BCUT2D eigenvalue weighted by molar-refractivity contribution is -0.123. The molecule has 0 aliphatic rings. The summed E-state index contributed by atoms with van der Waals surface area (Å²) < 4.78 is 11.6. The highest BCUT2D eigenvalue weighted by Crippen LogP contribution is 2.32. The number of hydrogen-bond acceptors (Lipinski definition) is 5. The fourth-order valence-corrected chi connectivity index (χ4v) is 3.54. The van der Waals surface area contributed by atoms with E-state index in [4.69, 9.17) is 21.7 Å². The van der Waals surface area contributed by atoms with Crippen LogP contribution >= 0.6 is 28.1 Å². The van der Waals surface area contributed by atoms with Gasteiger partial charge in [-0.25, -0.2) is 0 Å². The number of amides is 2. The van der Waals surface area contributed by atoms with Crippen molar-refractivity contribution in [3.8, 4) is 11.5 Å². The van der Waals surface area contributed by atoms with Crippen LogP contribution in [0.15, 0.2) is 71.2 Å². The third-order valence-electron chi connectivity index (χ3n) is 4.29. The molecule has 0 heterocycles. The molecule has 0 bridgehead atoms. The Hall–Kier alpha value is -3.43. The zero-order valence-electron chi connectivity index (χ0n) is 17.1. The topological polar surface area (TPSA) is 88.7 Å². The predicted molar refractivity (Wildman–Crippen MR) is 131 cm³/mol. The summed E-state index contributed by atoms with van der Waals surface area (Å²) in [5.41, 5.74) is 5.59. The maximum absolute atomic E-state index is 12.0. The molecule has 0 saturated heterocycles. The molecule has 0 atom stereocenters. The Balaban J connectivity index is 1.44. The molecule has 164 valence electrons. The minimum atomic E-state index is -0.466. The number of thiocarbonyl (C=S) groups is 1. The molecule has 2 amide bonds. The highest BCUT2D eigenvalue weighted by atomic mass is 79.9. The lowest BCUT2D eigenvalue weighted by Crippen LogP contribution is -2.49. The third kappa shape index (κ3) is 6.29. The number of benzene rings is 3. The van der Waals surface area contributed by atoms with Crippen LogP contribution in [0.25, 0.3) is 16.8 Å². The number of halogens is 1.